The number of nitrogens with one attached hydrogen (secondary N) is 1. The van der Waals surface area contributed by atoms with Crippen LogP contribution >= 0.6 is 0 Å². The molecule has 2 aliphatic heterocycles. The van der Waals surface area contributed by atoms with E-state index in [-0.39, 0.29) is 24.1 Å². The first kappa shape index (κ1) is 26.4. The van der Waals surface area contributed by atoms with Crippen molar-refractivity contribution < 1.29 is 17.9 Å². The average molecular weight is 531 g/mol. The Morgan fingerprint density at radius 1 is 1.24 bits per heavy atom. The Hall–Kier alpha value is -3.25. The lowest BCUT2D eigenvalue weighted by molar-refractivity contribution is 0.0918. The fraction of sp³-hybridized carbons (Fsp3) is 0.538. The van der Waals surface area contributed by atoms with Crippen LogP contribution in [-0.2, 0) is 11.2 Å². The van der Waals surface area contributed by atoms with Gasteiger partial charge in [0.25, 0.3) is 0 Å². The van der Waals surface area contributed by atoms with E-state index in [1.165, 1.54) is 0 Å². The third kappa shape index (κ3) is 5.91. The van der Waals surface area contributed by atoms with Crippen LogP contribution in [0, 0.1) is 5.92 Å². The number of likely N-dealkylation sites (tertiary alicyclic amines) is 1. The van der Waals surface area contributed by atoms with Gasteiger partial charge in [-0.05, 0) is 49.8 Å². The molecule has 9 nitrogen and oxygen atoms in total. The van der Waals surface area contributed by atoms with Crippen LogP contribution in [0.1, 0.15) is 31.4 Å². The van der Waals surface area contributed by atoms with E-state index in [1.807, 2.05) is 29.3 Å². The first-order valence-corrected chi connectivity index (χ1v) is 13.0. The molecule has 0 saturated carbocycles. The predicted molar refractivity (Wildman–Crippen MR) is 141 cm³/mol. The molecule has 0 spiro atoms. The van der Waals surface area contributed by atoms with Crippen molar-refractivity contribution in [1.82, 2.24) is 24.5 Å². The van der Waals surface area contributed by atoms with E-state index >= 15 is 0 Å². The highest BCUT2D eigenvalue weighted by atomic mass is 19.3. The quantitative estimate of drug-likeness (QED) is 0.406. The molecule has 0 aliphatic carbocycles. The van der Waals surface area contributed by atoms with Crippen molar-refractivity contribution in [2.24, 2.45) is 10.9 Å². The van der Waals surface area contributed by atoms with Crippen LogP contribution in [0.25, 0.3) is 16.8 Å². The second-order valence-electron chi connectivity index (χ2n) is 9.92. The topological polar surface area (TPSA) is 106 Å². The fourth-order valence-corrected chi connectivity index (χ4v) is 5.15. The SMILES string of the molecule is COCCN1CC[C@H](Nc2nc(N)c3c(-c4ccc5c(n4)C[C@H](CCCC(F)F)C=N5)ccn3n2)[C@H](F)C1. The summed E-state index contributed by atoms with van der Waals surface area (Å²) in [5.74, 6) is 0.621. The van der Waals surface area contributed by atoms with Gasteiger partial charge in [-0.1, -0.05) is 0 Å². The Kier molecular flexibility index (Phi) is 8.08. The first-order chi connectivity index (χ1) is 18.4. The van der Waals surface area contributed by atoms with Crippen LogP contribution in [0.2, 0.25) is 0 Å². The van der Waals surface area contributed by atoms with Crippen LogP contribution in [0.3, 0.4) is 0 Å². The lowest BCUT2D eigenvalue weighted by Crippen LogP contribution is -2.48. The molecule has 2 aliphatic rings. The number of hydrogen-bond donors (Lipinski definition) is 2. The Balaban J connectivity index is 1.30. The largest absolute Gasteiger partial charge is 0.383 e. The number of pyridine rings is 1. The normalized spacial score (nSPS) is 21.8. The molecule has 5 rings (SSSR count). The molecule has 3 N–H and O–H groups in total. The van der Waals surface area contributed by atoms with E-state index in [9.17, 15) is 13.2 Å². The highest BCUT2D eigenvalue weighted by Gasteiger charge is 2.30. The van der Waals surface area contributed by atoms with Gasteiger partial charge in [-0.25, -0.2) is 17.7 Å². The molecule has 0 unspecified atom stereocenters. The maximum atomic E-state index is 14.8. The van der Waals surface area contributed by atoms with Gasteiger partial charge in [0.2, 0.25) is 12.4 Å². The van der Waals surface area contributed by atoms with E-state index in [0.29, 0.717) is 56.6 Å². The summed E-state index contributed by atoms with van der Waals surface area (Å²) in [6.07, 6.45) is 2.54. The van der Waals surface area contributed by atoms with Gasteiger partial charge >= 0.3 is 0 Å². The molecule has 204 valence electrons. The van der Waals surface area contributed by atoms with Crippen LogP contribution in [0.15, 0.2) is 29.4 Å². The minimum Gasteiger partial charge on any atom is -0.383 e. The molecule has 1 fully saturated rings. The molecule has 3 aromatic rings. The molecule has 1 saturated heterocycles. The summed E-state index contributed by atoms with van der Waals surface area (Å²) in [6, 6.07) is 5.24. The molecule has 38 heavy (non-hydrogen) atoms. The van der Waals surface area contributed by atoms with Gasteiger partial charge in [0.15, 0.2) is 5.82 Å². The van der Waals surface area contributed by atoms with E-state index in [4.69, 9.17) is 15.5 Å². The second kappa shape index (κ2) is 11.6. The Morgan fingerprint density at radius 2 is 2.11 bits per heavy atom. The number of nitrogens with two attached hydrogens (primary N) is 1. The van der Waals surface area contributed by atoms with Crippen LogP contribution in [0.5, 0.6) is 0 Å². The zero-order valence-corrected chi connectivity index (χ0v) is 21.4. The van der Waals surface area contributed by atoms with Gasteiger partial charge in [0, 0.05) is 51.1 Å². The van der Waals surface area contributed by atoms with E-state index in [2.05, 4.69) is 20.4 Å². The van der Waals surface area contributed by atoms with Crippen LogP contribution in [-0.4, -0.2) is 82.7 Å². The summed E-state index contributed by atoms with van der Waals surface area (Å²) < 4.78 is 46.6. The maximum Gasteiger partial charge on any atom is 0.243 e. The lowest BCUT2D eigenvalue weighted by Gasteiger charge is -2.34. The third-order valence-electron chi connectivity index (χ3n) is 7.19. The van der Waals surface area contributed by atoms with Crippen molar-refractivity contribution in [1.29, 1.82) is 0 Å². The summed E-state index contributed by atoms with van der Waals surface area (Å²) >= 11 is 0. The minimum absolute atomic E-state index is 0.0861. The number of piperidine rings is 1. The van der Waals surface area contributed by atoms with Crippen molar-refractivity contribution in [2.45, 2.75) is 50.7 Å². The van der Waals surface area contributed by atoms with Crippen molar-refractivity contribution >= 4 is 29.2 Å². The summed E-state index contributed by atoms with van der Waals surface area (Å²) in [7, 11) is 1.64. The molecule has 0 radical (unpaired) electrons. The summed E-state index contributed by atoms with van der Waals surface area (Å²) in [5, 5.41) is 7.65. The summed E-state index contributed by atoms with van der Waals surface area (Å²) in [6.45, 7) is 2.36. The summed E-state index contributed by atoms with van der Waals surface area (Å²) in [4.78, 5) is 15.8. The van der Waals surface area contributed by atoms with E-state index in [0.717, 1.165) is 23.5 Å². The molecule has 0 bridgehead atoms. The first-order valence-electron chi connectivity index (χ1n) is 13.0. The van der Waals surface area contributed by atoms with Crippen molar-refractivity contribution in [3.8, 4) is 11.3 Å². The van der Waals surface area contributed by atoms with Crippen LogP contribution < -0.4 is 11.1 Å². The van der Waals surface area contributed by atoms with E-state index in [1.54, 1.807) is 17.8 Å². The van der Waals surface area contributed by atoms with Crippen molar-refractivity contribution in [3.05, 3.63) is 30.1 Å². The molecule has 5 heterocycles. The number of nitrogens with zero attached hydrogens (tertiary/aromatic N) is 6. The average Bonchev–Trinajstić information content (AvgIpc) is 3.33. The van der Waals surface area contributed by atoms with Gasteiger partial charge in [-0.15, -0.1) is 5.10 Å². The third-order valence-corrected chi connectivity index (χ3v) is 7.19. The number of halogens is 3. The van der Waals surface area contributed by atoms with Gasteiger partial charge in [-0.3, -0.25) is 14.9 Å². The van der Waals surface area contributed by atoms with Crippen molar-refractivity contribution in [2.75, 3.05) is 44.4 Å². The number of rotatable bonds is 10. The highest BCUT2D eigenvalue weighted by Crippen LogP contribution is 2.33. The molecule has 0 aromatic carbocycles. The Morgan fingerprint density at radius 3 is 2.89 bits per heavy atom. The van der Waals surface area contributed by atoms with Gasteiger partial charge < -0.3 is 15.8 Å². The Labute approximate surface area is 219 Å². The lowest BCUT2D eigenvalue weighted by atomic mass is 9.94. The van der Waals surface area contributed by atoms with Gasteiger partial charge in [0.05, 0.1) is 29.7 Å². The number of aliphatic imine (C=N–C) groups is 1. The maximum absolute atomic E-state index is 14.8. The number of anilines is 2. The highest BCUT2D eigenvalue weighted by molar-refractivity contribution is 5.87. The fourth-order valence-electron chi connectivity index (χ4n) is 5.15. The van der Waals surface area contributed by atoms with Gasteiger partial charge in [0.1, 0.15) is 11.7 Å². The number of ether oxygens (including phenoxy) is 1. The molecule has 0 amide bonds. The molecule has 3 atom stereocenters. The van der Waals surface area contributed by atoms with Crippen LogP contribution in [0.4, 0.5) is 30.6 Å². The number of nitrogen functional groups attached to an aromatic ring is 1. The summed E-state index contributed by atoms with van der Waals surface area (Å²) in [5.41, 5.74) is 10.1. The predicted octanol–water partition coefficient (Wildman–Crippen LogP) is 4.15. The zero-order chi connectivity index (χ0) is 26.6. The number of hydrogen-bond acceptors (Lipinski definition) is 8. The molecule has 3 aromatic heterocycles. The number of fused-ring (bicyclic) bond motifs is 2. The number of aromatic nitrogens is 4. The molecule has 12 heteroatoms. The monoisotopic (exact) mass is 530 g/mol. The minimum atomic E-state index is -2.28. The smallest absolute Gasteiger partial charge is 0.243 e. The van der Waals surface area contributed by atoms with Crippen molar-refractivity contribution in [3.63, 3.8) is 0 Å². The zero-order valence-electron chi connectivity index (χ0n) is 21.4. The Bertz CT molecular complexity index is 1280. The molecular weight excluding hydrogens is 497 g/mol. The molecular formula is C26H33F3N8O. The van der Waals surface area contributed by atoms with E-state index < -0.39 is 18.6 Å². The van der Waals surface area contributed by atoms with Gasteiger partial charge in [-0.2, -0.15) is 4.98 Å². The number of alkyl halides is 3. The number of methoxy groups -OCH3 is 1. The standard InChI is InChI=1S/C26H33F3N8O/c1-38-12-11-36-9-8-20(18(27)15-36)33-26-34-25(30)24-17(7-10-37(24)35-26)19-5-6-21-22(32-19)13-16(14-31-21)3-2-4-23(28)29/h5-7,10,14,16,18,20,23H,2-4,8-9,11-13,15H2,1H3,(H3,30,33,34,35)/t16-,18+,20-/m0/s1. The second-order valence-corrected chi connectivity index (χ2v) is 9.92.